The van der Waals surface area contributed by atoms with Crippen molar-refractivity contribution in [1.29, 1.82) is 0 Å². The summed E-state index contributed by atoms with van der Waals surface area (Å²) in [5.41, 5.74) is 0. The summed E-state index contributed by atoms with van der Waals surface area (Å²) < 4.78 is 0. The molecule has 0 aliphatic rings. The fourth-order valence-corrected chi connectivity index (χ4v) is 1.48. The van der Waals surface area contributed by atoms with Crippen LogP contribution in [0, 0.1) is 0 Å². The van der Waals surface area contributed by atoms with Gasteiger partial charge in [-0.3, -0.25) is 29.0 Å². The van der Waals surface area contributed by atoms with Crippen LogP contribution in [-0.2, 0) is 36.2 Å². The fraction of sp³-hybridized carbons (Fsp3) is 0.600. The molecule has 23 heavy (non-hydrogen) atoms. The van der Waals surface area contributed by atoms with Crippen LogP contribution in [0.3, 0.4) is 0 Å². The van der Waals surface area contributed by atoms with Gasteiger partial charge in [0, 0.05) is 89.3 Å². The van der Waals surface area contributed by atoms with Crippen molar-refractivity contribution in [1.82, 2.24) is 9.80 Å². The summed E-state index contributed by atoms with van der Waals surface area (Å²) in [6.45, 7) is -2.25. The van der Waals surface area contributed by atoms with Crippen molar-refractivity contribution in [2.24, 2.45) is 0 Å². The van der Waals surface area contributed by atoms with Gasteiger partial charge < -0.3 is 20.4 Å². The van der Waals surface area contributed by atoms with Crippen LogP contribution in [0.4, 0.5) is 0 Å². The SMILES string of the molecule is O=C(O)CN(CCN(CC(=O)O)CC(=O)O)CC(=O)O.[Fe].[Na].[Na]. The molecule has 124 valence electrons. The first kappa shape index (κ1) is 31.1. The predicted octanol–water partition coefficient (Wildman–Crippen LogP) is -2.84. The Hall–Kier alpha value is 0.319. The van der Waals surface area contributed by atoms with Crippen molar-refractivity contribution in [2.45, 2.75) is 0 Å². The van der Waals surface area contributed by atoms with Gasteiger partial charge in [0.2, 0.25) is 0 Å². The van der Waals surface area contributed by atoms with Gasteiger partial charge in [-0.15, -0.1) is 0 Å². The van der Waals surface area contributed by atoms with Crippen molar-refractivity contribution in [3.8, 4) is 0 Å². The van der Waals surface area contributed by atoms with E-state index in [-0.39, 0.29) is 89.3 Å². The molecule has 0 saturated heterocycles. The molecule has 0 aromatic rings. The first-order valence-corrected chi connectivity index (χ1v) is 5.52. The minimum absolute atomic E-state index is 0. The third-order valence-corrected chi connectivity index (χ3v) is 2.17. The zero-order chi connectivity index (χ0) is 15.7. The van der Waals surface area contributed by atoms with E-state index in [1.165, 1.54) is 0 Å². The maximum Gasteiger partial charge on any atom is 0.317 e. The molecule has 10 nitrogen and oxygen atoms in total. The summed E-state index contributed by atoms with van der Waals surface area (Å²) in [4.78, 5) is 44.4. The summed E-state index contributed by atoms with van der Waals surface area (Å²) in [6.07, 6.45) is 0. The molecular weight excluding hydrogens is 378 g/mol. The van der Waals surface area contributed by atoms with Gasteiger partial charge >= 0.3 is 23.9 Å². The van der Waals surface area contributed by atoms with Gasteiger partial charge in [0.25, 0.3) is 0 Å². The third kappa shape index (κ3) is 20.3. The van der Waals surface area contributed by atoms with Crippen LogP contribution in [0.5, 0.6) is 0 Å². The van der Waals surface area contributed by atoms with E-state index in [4.69, 9.17) is 20.4 Å². The average Bonchev–Trinajstić information content (AvgIpc) is 2.22. The van der Waals surface area contributed by atoms with E-state index in [2.05, 4.69) is 0 Å². The van der Waals surface area contributed by atoms with E-state index in [1.54, 1.807) is 0 Å². The number of nitrogens with zero attached hydrogens (tertiary/aromatic N) is 2. The third-order valence-electron chi connectivity index (χ3n) is 2.17. The molecule has 0 aromatic carbocycles. The Morgan fingerprint density at radius 1 is 0.565 bits per heavy atom. The average molecular weight is 394 g/mol. The maximum absolute atomic E-state index is 10.6. The Kier molecular flexibility index (Phi) is 23.2. The zero-order valence-corrected chi connectivity index (χ0v) is 18.0. The van der Waals surface area contributed by atoms with Crippen LogP contribution in [-0.4, -0.2) is 152 Å². The standard InChI is InChI=1S/C10H16N2O8.Fe.2Na/c13-7(14)3-11(4-8(15)16)1-2-12(5-9(17)18)6-10(19)20;;;/h1-6H2,(H,13,14)(H,15,16)(H,17,18)(H,19,20);;;. The van der Waals surface area contributed by atoms with Gasteiger partial charge in [-0.25, -0.2) is 0 Å². The Labute approximate surface area is 187 Å². The molecule has 0 fully saturated rings. The van der Waals surface area contributed by atoms with Gasteiger partial charge in [-0.05, 0) is 0 Å². The van der Waals surface area contributed by atoms with E-state index < -0.39 is 50.1 Å². The predicted molar refractivity (Wildman–Crippen MR) is 74.9 cm³/mol. The van der Waals surface area contributed by atoms with Gasteiger partial charge in [0.05, 0.1) is 26.2 Å². The van der Waals surface area contributed by atoms with E-state index in [0.29, 0.717) is 0 Å². The van der Waals surface area contributed by atoms with E-state index in [0.717, 1.165) is 9.80 Å². The van der Waals surface area contributed by atoms with Crippen LogP contribution in [0.2, 0.25) is 0 Å². The van der Waals surface area contributed by atoms with Crippen molar-refractivity contribution in [2.75, 3.05) is 39.3 Å². The van der Waals surface area contributed by atoms with Crippen LogP contribution < -0.4 is 0 Å². The Bertz CT molecular complexity index is 331. The number of carboxylic acid groups (broad SMARTS) is 4. The van der Waals surface area contributed by atoms with Crippen molar-refractivity contribution >= 4 is 83.0 Å². The normalized spacial score (nSPS) is 9.30. The van der Waals surface area contributed by atoms with Crippen LogP contribution >= 0.6 is 0 Å². The molecular formula is C10H16FeN2Na2O8. The molecule has 0 aliphatic carbocycles. The largest absolute Gasteiger partial charge is 0.480 e. The molecule has 0 heterocycles. The molecule has 0 amide bonds. The molecule has 0 bridgehead atoms. The minimum Gasteiger partial charge on any atom is -0.480 e. The summed E-state index contributed by atoms with van der Waals surface area (Å²) in [7, 11) is 0. The van der Waals surface area contributed by atoms with Crippen molar-refractivity contribution in [3.05, 3.63) is 0 Å². The molecule has 0 saturated carbocycles. The van der Waals surface area contributed by atoms with Crippen LogP contribution in [0.15, 0.2) is 0 Å². The van der Waals surface area contributed by atoms with E-state index in [9.17, 15) is 19.2 Å². The molecule has 4 N–H and O–H groups in total. The maximum atomic E-state index is 10.6. The zero-order valence-electron chi connectivity index (χ0n) is 12.9. The first-order valence-electron chi connectivity index (χ1n) is 5.52. The summed E-state index contributed by atoms with van der Waals surface area (Å²) in [5, 5.41) is 34.5. The van der Waals surface area contributed by atoms with E-state index >= 15 is 0 Å². The first-order chi connectivity index (χ1) is 9.20. The minimum atomic E-state index is -1.23. The summed E-state index contributed by atoms with van der Waals surface area (Å²) >= 11 is 0. The number of rotatable bonds is 11. The second-order valence-corrected chi connectivity index (χ2v) is 4.00. The molecule has 2 radical (unpaired) electrons. The van der Waals surface area contributed by atoms with Crippen LogP contribution in [0.25, 0.3) is 0 Å². The monoisotopic (exact) mass is 394 g/mol. The Morgan fingerprint density at radius 2 is 0.739 bits per heavy atom. The molecule has 0 unspecified atom stereocenters. The van der Waals surface area contributed by atoms with Crippen LogP contribution in [0.1, 0.15) is 0 Å². The smallest absolute Gasteiger partial charge is 0.317 e. The number of carbonyl (C=O) groups is 4. The van der Waals surface area contributed by atoms with Gasteiger partial charge in [-0.1, -0.05) is 0 Å². The Morgan fingerprint density at radius 3 is 0.870 bits per heavy atom. The molecule has 0 spiro atoms. The van der Waals surface area contributed by atoms with E-state index in [1.807, 2.05) is 0 Å². The molecule has 0 aromatic heterocycles. The molecule has 13 heteroatoms. The van der Waals surface area contributed by atoms with Crippen molar-refractivity contribution < 1.29 is 56.7 Å². The Balaban J connectivity index is -0.000000602. The molecule has 0 aliphatic heterocycles. The topological polar surface area (TPSA) is 156 Å². The number of carboxylic acids is 4. The summed E-state index contributed by atoms with van der Waals surface area (Å²) in [5.74, 6) is -4.91. The number of hydrogen-bond donors (Lipinski definition) is 4. The molecule has 0 rings (SSSR count). The van der Waals surface area contributed by atoms with Gasteiger partial charge in [-0.2, -0.15) is 0 Å². The number of hydrogen-bond acceptors (Lipinski definition) is 6. The van der Waals surface area contributed by atoms with Gasteiger partial charge in [0.15, 0.2) is 0 Å². The van der Waals surface area contributed by atoms with Gasteiger partial charge in [0.1, 0.15) is 0 Å². The second kappa shape index (κ2) is 17.2. The number of aliphatic carboxylic acids is 4. The molecule has 0 atom stereocenters. The quantitative estimate of drug-likeness (QED) is 0.269. The summed E-state index contributed by atoms with van der Waals surface area (Å²) in [6, 6.07) is 0. The fourth-order valence-electron chi connectivity index (χ4n) is 1.48. The second-order valence-electron chi connectivity index (χ2n) is 4.00. The van der Waals surface area contributed by atoms with Crippen molar-refractivity contribution in [3.63, 3.8) is 0 Å².